The predicted molar refractivity (Wildman–Crippen MR) is 101 cm³/mol. The summed E-state index contributed by atoms with van der Waals surface area (Å²) < 4.78 is 3.02. The summed E-state index contributed by atoms with van der Waals surface area (Å²) in [7, 11) is 0. The van der Waals surface area contributed by atoms with Crippen LogP contribution in [0.1, 0.15) is 31.9 Å². The second kappa shape index (κ2) is 6.40. The number of anilines is 1. The Balaban J connectivity index is 1.87. The zero-order valence-electron chi connectivity index (χ0n) is 15.7. The first-order valence-corrected chi connectivity index (χ1v) is 8.48. The van der Waals surface area contributed by atoms with E-state index in [1.54, 1.807) is 4.68 Å². The third kappa shape index (κ3) is 3.24. The molecule has 2 aromatic heterocycles. The van der Waals surface area contributed by atoms with Crippen molar-refractivity contribution >= 4 is 22.6 Å². The molecule has 0 fully saturated rings. The van der Waals surface area contributed by atoms with Gasteiger partial charge in [0.05, 0.1) is 11.7 Å². The van der Waals surface area contributed by atoms with E-state index in [2.05, 4.69) is 15.4 Å². The van der Waals surface area contributed by atoms with E-state index in [1.807, 2.05) is 52.8 Å². The van der Waals surface area contributed by atoms with Crippen LogP contribution in [0.2, 0.25) is 0 Å². The summed E-state index contributed by atoms with van der Waals surface area (Å²) in [5.74, 6) is -0.273. The van der Waals surface area contributed by atoms with E-state index < -0.39 is 0 Å². The lowest BCUT2D eigenvalue weighted by Crippen LogP contribution is -2.29. The van der Waals surface area contributed by atoms with Crippen molar-refractivity contribution in [2.45, 2.75) is 46.7 Å². The smallest absolute Gasteiger partial charge is 0.264 e. The monoisotopic (exact) mass is 353 g/mol. The van der Waals surface area contributed by atoms with Crippen molar-refractivity contribution in [2.24, 2.45) is 0 Å². The molecule has 0 bridgehead atoms. The summed E-state index contributed by atoms with van der Waals surface area (Å²) in [4.78, 5) is 29.4. The van der Waals surface area contributed by atoms with Crippen molar-refractivity contribution in [2.75, 3.05) is 5.32 Å². The molecule has 0 spiro atoms. The van der Waals surface area contributed by atoms with E-state index >= 15 is 0 Å². The van der Waals surface area contributed by atoms with E-state index in [0.29, 0.717) is 11.0 Å². The first kappa shape index (κ1) is 17.8. The molecule has 1 amide bonds. The number of rotatable bonds is 3. The summed E-state index contributed by atoms with van der Waals surface area (Å²) in [5, 5.41) is 7.54. The standard InChI is InChI=1S/C19H23N5O2/c1-12-7-6-8-15(13(12)2)22-16(25)10-23-11-20-17-14(18(23)26)9-21-24(17)19(3,4)5/h6-9,11H,10H2,1-5H3,(H,22,25). The number of amides is 1. The second-order valence-electron chi connectivity index (χ2n) is 7.44. The average Bonchev–Trinajstić information content (AvgIpc) is 2.99. The molecule has 0 saturated carbocycles. The molecular formula is C19H23N5O2. The SMILES string of the molecule is Cc1cccc(NC(=O)Cn2cnc3c(cnn3C(C)(C)C)c2=O)c1C. The molecule has 0 aliphatic carbocycles. The van der Waals surface area contributed by atoms with Gasteiger partial charge in [-0.15, -0.1) is 0 Å². The summed E-state index contributed by atoms with van der Waals surface area (Å²) >= 11 is 0. The van der Waals surface area contributed by atoms with E-state index in [9.17, 15) is 9.59 Å². The Morgan fingerprint density at radius 2 is 1.96 bits per heavy atom. The van der Waals surface area contributed by atoms with Crippen LogP contribution in [-0.2, 0) is 16.9 Å². The molecule has 3 aromatic rings. The quantitative estimate of drug-likeness (QED) is 0.785. The van der Waals surface area contributed by atoms with Crippen LogP contribution in [0.15, 0.2) is 35.5 Å². The number of fused-ring (bicyclic) bond motifs is 1. The third-order valence-corrected chi connectivity index (χ3v) is 4.38. The van der Waals surface area contributed by atoms with Crippen LogP contribution in [0.25, 0.3) is 11.0 Å². The molecule has 2 heterocycles. The fourth-order valence-electron chi connectivity index (χ4n) is 2.78. The maximum Gasteiger partial charge on any atom is 0.264 e. The van der Waals surface area contributed by atoms with Crippen molar-refractivity contribution < 1.29 is 4.79 Å². The number of aryl methyl sites for hydroxylation is 1. The normalized spacial score (nSPS) is 11.7. The lowest BCUT2D eigenvalue weighted by molar-refractivity contribution is -0.116. The van der Waals surface area contributed by atoms with Gasteiger partial charge in [-0.3, -0.25) is 14.2 Å². The topological polar surface area (TPSA) is 81.8 Å². The van der Waals surface area contributed by atoms with Crippen molar-refractivity contribution in [3.05, 3.63) is 52.2 Å². The Hall–Kier alpha value is -2.96. The largest absolute Gasteiger partial charge is 0.324 e. The Bertz CT molecular complexity index is 1040. The molecule has 1 aromatic carbocycles. The number of carbonyl (C=O) groups is 1. The fourth-order valence-corrected chi connectivity index (χ4v) is 2.78. The van der Waals surface area contributed by atoms with E-state index in [4.69, 9.17) is 0 Å². The Kier molecular flexibility index (Phi) is 4.39. The molecule has 0 saturated heterocycles. The molecule has 1 N–H and O–H groups in total. The Morgan fingerprint density at radius 1 is 1.23 bits per heavy atom. The van der Waals surface area contributed by atoms with Gasteiger partial charge >= 0.3 is 0 Å². The van der Waals surface area contributed by atoms with Crippen LogP contribution in [-0.4, -0.2) is 25.2 Å². The molecule has 0 aliphatic heterocycles. The van der Waals surface area contributed by atoms with Crippen LogP contribution in [0.3, 0.4) is 0 Å². The minimum atomic E-state index is -0.284. The molecule has 7 heteroatoms. The predicted octanol–water partition coefficient (Wildman–Crippen LogP) is 2.60. The number of aromatic nitrogens is 4. The number of benzene rings is 1. The van der Waals surface area contributed by atoms with Crippen LogP contribution >= 0.6 is 0 Å². The second-order valence-corrected chi connectivity index (χ2v) is 7.44. The number of nitrogens with zero attached hydrogens (tertiary/aromatic N) is 4. The average molecular weight is 353 g/mol. The highest BCUT2D eigenvalue weighted by molar-refractivity contribution is 5.91. The summed E-state index contributed by atoms with van der Waals surface area (Å²) in [6, 6.07) is 5.72. The summed E-state index contributed by atoms with van der Waals surface area (Å²) in [6.45, 7) is 9.81. The van der Waals surface area contributed by atoms with Gasteiger partial charge in [0.1, 0.15) is 18.3 Å². The number of nitrogens with one attached hydrogen (secondary N) is 1. The molecule has 0 unspecified atom stereocenters. The molecule has 26 heavy (non-hydrogen) atoms. The highest BCUT2D eigenvalue weighted by Crippen LogP contribution is 2.19. The van der Waals surface area contributed by atoms with Gasteiger partial charge in [-0.2, -0.15) is 5.10 Å². The van der Waals surface area contributed by atoms with Gasteiger partial charge in [-0.05, 0) is 51.8 Å². The zero-order valence-corrected chi connectivity index (χ0v) is 15.7. The lowest BCUT2D eigenvalue weighted by atomic mass is 10.1. The van der Waals surface area contributed by atoms with Crippen LogP contribution in [0.4, 0.5) is 5.69 Å². The minimum Gasteiger partial charge on any atom is -0.324 e. The molecule has 3 rings (SSSR count). The lowest BCUT2D eigenvalue weighted by Gasteiger charge is -2.19. The molecular weight excluding hydrogens is 330 g/mol. The van der Waals surface area contributed by atoms with Gasteiger partial charge in [-0.1, -0.05) is 12.1 Å². The number of hydrogen-bond acceptors (Lipinski definition) is 4. The highest BCUT2D eigenvalue weighted by atomic mass is 16.2. The highest BCUT2D eigenvalue weighted by Gasteiger charge is 2.20. The Morgan fingerprint density at radius 3 is 2.65 bits per heavy atom. The van der Waals surface area contributed by atoms with Gasteiger partial charge < -0.3 is 5.32 Å². The maximum absolute atomic E-state index is 12.7. The third-order valence-electron chi connectivity index (χ3n) is 4.38. The molecule has 136 valence electrons. The zero-order chi connectivity index (χ0) is 19.1. The molecule has 7 nitrogen and oxygen atoms in total. The molecule has 0 radical (unpaired) electrons. The van der Waals surface area contributed by atoms with Gasteiger partial charge in [-0.25, -0.2) is 9.67 Å². The van der Waals surface area contributed by atoms with Crippen molar-refractivity contribution in [1.29, 1.82) is 0 Å². The van der Waals surface area contributed by atoms with Crippen LogP contribution < -0.4 is 10.9 Å². The van der Waals surface area contributed by atoms with Crippen LogP contribution in [0.5, 0.6) is 0 Å². The minimum absolute atomic E-state index is 0.101. The Labute approximate surface area is 151 Å². The van der Waals surface area contributed by atoms with Crippen molar-refractivity contribution in [3.8, 4) is 0 Å². The summed E-state index contributed by atoms with van der Waals surface area (Å²) in [6.07, 6.45) is 2.91. The van der Waals surface area contributed by atoms with Crippen molar-refractivity contribution in [1.82, 2.24) is 19.3 Å². The molecule has 0 aliphatic rings. The van der Waals surface area contributed by atoms with Gasteiger partial charge in [0, 0.05) is 5.69 Å². The van der Waals surface area contributed by atoms with Crippen LogP contribution in [0, 0.1) is 13.8 Å². The van der Waals surface area contributed by atoms with Gasteiger partial charge in [0.2, 0.25) is 5.91 Å². The molecule has 0 atom stereocenters. The van der Waals surface area contributed by atoms with Gasteiger partial charge in [0.25, 0.3) is 5.56 Å². The van der Waals surface area contributed by atoms with Crippen molar-refractivity contribution in [3.63, 3.8) is 0 Å². The first-order chi connectivity index (χ1) is 12.2. The number of carbonyl (C=O) groups excluding carboxylic acids is 1. The fraction of sp³-hybridized carbons (Fsp3) is 0.368. The maximum atomic E-state index is 12.7. The first-order valence-electron chi connectivity index (χ1n) is 8.48. The van der Waals surface area contributed by atoms with E-state index in [0.717, 1.165) is 16.8 Å². The van der Waals surface area contributed by atoms with Gasteiger partial charge in [0.15, 0.2) is 5.65 Å². The summed E-state index contributed by atoms with van der Waals surface area (Å²) in [5.41, 5.74) is 2.81. The van der Waals surface area contributed by atoms with E-state index in [1.165, 1.54) is 17.1 Å². The van der Waals surface area contributed by atoms with E-state index in [-0.39, 0.29) is 23.6 Å². The number of hydrogen-bond donors (Lipinski definition) is 1.